The second-order valence-corrected chi connectivity index (χ2v) is 9.69. The zero-order valence-electron chi connectivity index (χ0n) is 18.2. The van der Waals surface area contributed by atoms with E-state index in [1.54, 1.807) is 0 Å². The van der Waals surface area contributed by atoms with E-state index in [1.807, 2.05) is 39.8 Å². The van der Waals surface area contributed by atoms with Gasteiger partial charge in [0.15, 0.2) is 0 Å². The Kier molecular flexibility index (Phi) is 5.35. The highest BCUT2D eigenvalue weighted by Gasteiger charge is 2.51. The largest absolute Gasteiger partial charge is 0.494 e. The third-order valence-corrected chi connectivity index (χ3v) is 7.10. The van der Waals surface area contributed by atoms with Crippen molar-refractivity contribution in [2.75, 3.05) is 6.54 Å². The van der Waals surface area contributed by atoms with Crippen molar-refractivity contribution in [2.24, 2.45) is 0 Å². The minimum absolute atomic E-state index is 0.00133. The molecule has 2 saturated heterocycles. The van der Waals surface area contributed by atoms with E-state index in [0.717, 1.165) is 35.9 Å². The number of aryl methyl sites for hydroxylation is 1. The number of fused-ring (bicyclic) bond motifs is 1. The summed E-state index contributed by atoms with van der Waals surface area (Å²) in [7, 11) is -0.426. The molecule has 2 aliphatic heterocycles. The molecule has 0 unspecified atom stereocenters. The SMILES string of the molecule is CC1(C)OB(c2ccc3c(c2)CCC[C@H]3N(C[C@@H]2CCC(=O)N2)C(=O)O)OC1(C)C. The summed E-state index contributed by atoms with van der Waals surface area (Å²) in [6.45, 7) is 8.47. The van der Waals surface area contributed by atoms with E-state index < -0.39 is 24.4 Å². The molecule has 2 heterocycles. The Bertz CT molecular complexity index is 840. The van der Waals surface area contributed by atoms with Gasteiger partial charge in [-0.15, -0.1) is 0 Å². The molecule has 2 fully saturated rings. The highest BCUT2D eigenvalue weighted by atomic mass is 16.7. The molecule has 2 atom stereocenters. The summed E-state index contributed by atoms with van der Waals surface area (Å²) in [4.78, 5) is 25.1. The molecule has 8 heteroatoms. The maximum absolute atomic E-state index is 12.1. The predicted molar refractivity (Wildman–Crippen MR) is 114 cm³/mol. The van der Waals surface area contributed by atoms with Gasteiger partial charge in [0.1, 0.15) is 0 Å². The lowest BCUT2D eigenvalue weighted by molar-refractivity contribution is -0.119. The maximum Gasteiger partial charge on any atom is 0.494 e. The zero-order valence-corrected chi connectivity index (χ0v) is 18.2. The molecule has 0 bridgehead atoms. The van der Waals surface area contributed by atoms with Crippen molar-refractivity contribution >= 4 is 24.6 Å². The molecule has 0 saturated carbocycles. The third kappa shape index (κ3) is 3.83. The van der Waals surface area contributed by atoms with Crippen LogP contribution in [0.3, 0.4) is 0 Å². The van der Waals surface area contributed by atoms with Gasteiger partial charge in [-0.2, -0.15) is 0 Å². The Morgan fingerprint density at radius 2 is 1.90 bits per heavy atom. The number of nitrogens with zero attached hydrogens (tertiary/aromatic N) is 1. The molecule has 30 heavy (non-hydrogen) atoms. The van der Waals surface area contributed by atoms with E-state index >= 15 is 0 Å². The third-order valence-electron chi connectivity index (χ3n) is 7.10. The van der Waals surface area contributed by atoms with Gasteiger partial charge in [-0.1, -0.05) is 18.2 Å². The number of nitrogens with one attached hydrogen (secondary N) is 1. The van der Waals surface area contributed by atoms with Gasteiger partial charge in [0.05, 0.1) is 17.2 Å². The lowest BCUT2D eigenvalue weighted by atomic mass is 9.75. The smallest absolute Gasteiger partial charge is 0.465 e. The van der Waals surface area contributed by atoms with Gasteiger partial charge < -0.3 is 19.7 Å². The van der Waals surface area contributed by atoms with E-state index in [4.69, 9.17) is 9.31 Å². The second kappa shape index (κ2) is 7.57. The number of benzene rings is 1. The molecule has 1 aromatic rings. The Balaban J connectivity index is 1.57. The Morgan fingerprint density at radius 1 is 1.20 bits per heavy atom. The van der Waals surface area contributed by atoms with E-state index in [2.05, 4.69) is 11.4 Å². The summed E-state index contributed by atoms with van der Waals surface area (Å²) in [5, 5.41) is 12.8. The zero-order chi connectivity index (χ0) is 21.7. The summed E-state index contributed by atoms with van der Waals surface area (Å²) in [6, 6.07) is 5.83. The molecule has 2 amide bonds. The number of carbonyl (C=O) groups is 2. The van der Waals surface area contributed by atoms with Crippen molar-refractivity contribution in [3.05, 3.63) is 29.3 Å². The van der Waals surface area contributed by atoms with Gasteiger partial charge in [-0.05, 0) is 70.0 Å². The summed E-state index contributed by atoms with van der Waals surface area (Å²) in [5.74, 6) is 0.00133. The first-order chi connectivity index (χ1) is 14.1. The lowest BCUT2D eigenvalue weighted by Gasteiger charge is -2.35. The van der Waals surface area contributed by atoms with Crippen LogP contribution in [0.1, 0.15) is 70.5 Å². The standard InChI is InChI=1S/C22H31BN2O5/c1-21(2)22(3,4)30-23(29-21)15-8-10-17-14(12-15)6-5-7-18(17)25(20(27)28)13-16-9-11-19(26)24-16/h8,10,12,16,18H,5-7,9,11,13H2,1-4H3,(H,24,26)(H,27,28)/t16-,18+/m0/s1. The van der Waals surface area contributed by atoms with Gasteiger partial charge in [-0.3, -0.25) is 9.69 Å². The van der Waals surface area contributed by atoms with Crippen LogP contribution >= 0.6 is 0 Å². The van der Waals surface area contributed by atoms with Crippen molar-refractivity contribution in [3.8, 4) is 0 Å². The molecule has 4 rings (SSSR count). The van der Waals surface area contributed by atoms with Crippen LogP contribution in [0, 0.1) is 0 Å². The van der Waals surface area contributed by atoms with E-state index in [0.29, 0.717) is 19.4 Å². The normalized spacial score (nSPS) is 26.9. The molecule has 2 N–H and O–H groups in total. The quantitative estimate of drug-likeness (QED) is 0.740. The lowest BCUT2D eigenvalue weighted by Crippen LogP contribution is -2.44. The first-order valence-corrected chi connectivity index (χ1v) is 10.8. The van der Waals surface area contributed by atoms with Crippen LogP contribution in [-0.4, -0.2) is 52.9 Å². The maximum atomic E-state index is 12.1. The summed E-state index contributed by atoms with van der Waals surface area (Å²) >= 11 is 0. The van der Waals surface area contributed by atoms with Crippen LogP contribution in [0.4, 0.5) is 4.79 Å². The molecule has 0 aromatic heterocycles. The molecule has 1 aliphatic carbocycles. The molecule has 7 nitrogen and oxygen atoms in total. The fourth-order valence-electron chi connectivity index (χ4n) is 4.65. The Hall–Kier alpha value is -2.06. The van der Waals surface area contributed by atoms with Crippen molar-refractivity contribution in [3.63, 3.8) is 0 Å². The fraction of sp³-hybridized carbons (Fsp3) is 0.636. The van der Waals surface area contributed by atoms with Crippen LogP contribution < -0.4 is 10.8 Å². The van der Waals surface area contributed by atoms with Gasteiger partial charge in [0.25, 0.3) is 0 Å². The van der Waals surface area contributed by atoms with Crippen molar-refractivity contribution in [2.45, 2.75) is 83.1 Å². The monoisotopic (exact) mass is 414 g/mol. The molecule has 0 radical (unpaired) electrons. The highest BCUT2D eigenvalue weighted by molar-refractivity contribution is 6.62. The summed E-state index contributed by atoms with van der Waals surface area (Å²) in [6.07, 6.45) is 2.83. The summed E-state index contributed by atoms with van der Waals surface area (Å²) in [5.41, 5.74) is 2.37. The Labute approximate surface area is 178 Å². The van der Waals surface area contributed by atoms with Crippen LogP contribution in [-0.2, 0) is 20.5 Å². The molecule has 162 valence electrons. The van der Waals surface area contributed by atoms with Crippen molar-refractivity contribution in [1.29, 1.82) is 0 Å². The van der Waals surface area contributed by atoms with Crippen LogP contribution in [0.25, 0.3) is 0 Å². The topological polar surface area (TPSA) is 88.1 Å². The number of amides is 2. The molecule has 1 aromatic carbocycles. The van der Waals surface area contributed by atoms with E-state index in [9.17, 15) is 14.7 Å². The van der Waals surface area contributed by atoms with E-state index in [1.165, 1.54) is 4.90 Å². The number of hydrogen-bond acceptors (Lipinski definition) is 4. The predicted octanol–water partition coefficient (Wildman–Crippen LogP) is 2.62. The van der Waals surface area contributed by atoms with Crippen LogP contribution in [0.2, 0.25) is 0 Å². The average molecular weight is 414 g/mol. The van der Waals surface area contributed by atoms with Gasteiger partial charge >= 0.3 is 13.2 Å². The number of hydrogen-bond donors (Lipinski definition) is 2. The van der Waals surface area contributed by atoms with Gasteiger partial charge in [0, 0.05) is 19.0 Å². The second-order valence-electron chi connectivity index (χ2n) is 9.69. The molecule has 0 spiro atoms. The molecular formula is C22H31BN2O5. The highest BCUT2D eigenvalue weighted by Crippen LogP contribution is 2.38. The first-order valence-electron chi connectivity index (χ1n) is 10.8. The number of carboxylic acid groups (broad SMARTS) is 1. The fourth-order valence-corrected chi connectivity index (χ4v) is 4.65. The Morgan fingerprint density at radius 3 is 2.50 bits per heavy atom. The van der Waals surface area contributed by atoms with Gasteiger partial charge in [-0.25, -0.2) is 4.79 Å². The van der Waals surface area contributed by atoms with Gasteiger partial charge in [0.2, 0.25) is 5.91 Å². The van der Waals surface area contributed by atoms with Crippen LogP contribution in [0.15, 0.2) is 18.2 Å². The minimum atomic E-state index is -0.941. The first kappa shape index (κ1) is 21.2. The van der Waals surface area contributed by atoms with E-state index in [-0.39, 0.29) is 18.0 Å². The van der Waals surface area contributed by atoms with Crippen molar-refractivity contribution in [1.82, 2.24) is 10.2 Å². The molecule has 3 aliphatic rings. The number of rotatable bonds is 4. The number of carbonyl (C=O) groups excluding carboxylic acids is 1. The molecular weight excluding hydrogens is 383 g/mol. The summed E-state index contributed by atoms with van der Waals surface area (Å²) < 4.78 is 12.4. The minimum Gasteiger partial charge on any atom is -0.465 e. The van der Waals surface area contributed by atoms with Crippen LogP contribution in [0.5, 0.6) is 0 Å². The van der Waals surface area contributed by atoms with Crippen molar-refractivity contribution < 1.29 is 24.0 Å². The average Bonchev–Trinajstić information content (AvgIpc) is 3.18.